The number of rotatable bonds is 6. The molecular formula is C18H22ClN5O2. The van der Waals surface area contributed by atoms with Crippen molar-refractivity contribution in [2.45, 2.75) is 45.6 Å². The number of nitrogens with one attached hydrogen (secondary N) is 1. The normalized spacial score (nSPS) is 16.7. The van der Waals surface area contributed by atoms with E-state index >= 15 is 0 Å². The van der Waals surface area contributed by atoms with E-state index < -0.39 is 4.92 Å². The SMILES string of the molecule is CCCc1cc(N2CCC[C@H]2C)nc(Nc2ccc(Cl)c([N+](=O)[O-])c2)n1. The molecule has 1 aromatic carbocycles. The van der Waals surface area contributed by atoms with E-state index in [0.29, 0.717) is 17.7 Å². The largest absolute Gasteiger partial charge is 0.354 e. The molecule has 0 radical (unpaired) electrons. The van der Waals surface area contributed by atoms with Gasteiger partial charge in [-0.1, -0.05) is 24.9 Å². The lowest BCUT2D eigenvalue weighted by Crippen LogP contribution is -2.27. The summed E-state index contributed by atoms with van der Waals surface area (Å²) in [6, 6.07) is 7.07. The molecule has 2 heterocycles. The summed E-state index contributed by atoms with van der Waals surface area (Å²) in [4.78, 5) is 22.1. The zero-order valence-electron chi connectivity index (χ0n) is 14.9. The van der Waals surface area contributed by atoms with E-state index in [9.17, 15) is 10.1 Å². The number of nitrogens with zero attached hydrogens (tertiary/aromatic N) is 4. The van der Waals surface area contributed by atoms with Crippen LogP contribution in [0.3, 0.4) is 0 Å². The summed E-state index contributed by atoms with van der Waals surface area (Å²) in [7, 11) is 0. The Morgan fingerprint density at radius 3 is 2.85 bits per heavy atom. The molecule has 0 bridgehead atoms. The van der Waals surface area contributed by atoms with Crippen molar-refractivity contribution < 1.29 is 4.92 Å². The second kappa shape index (κ2) is 7.86. The molecule has 1 aromatic heterocycles. The number of hydrogen-bond acceptors (Lipinski definition) is 6. The quantitative estimate of drug-likeness (QED) is 0.580. The smallest absolute Gasteiger partial charge is 0.289 e. The Hall–Kier alpha value is -2.41. The second-order valence-electron chi connectivity index (χ2n) is 6.52. The molecule has 1 aliphatic rings. The highest BCUT2D eigenvalue weighted by Gasteiger charge is 2.23. The van der Waals surface area contributed by atoms with Crippen molar-refractivity contribution in [1.82, 2.24) is 9.97 Å². The van der Waals surface area contributed by atoms with Crippen LogP contribution in [0.25, 0.3) is 0 Å². The van der Waals surface area contributed by atoms with Gasteiger partial charge in [0.2, 0.25) is 5.95 Å². The summed E-state index contributed by atoms with van der Waals surface area (Å²) >= 11 is 5.88. The fourth-order valence-electron chi connectivity index (χ4n) is 3.20. The maximum Gasteiger partial charge on any atom is 0.289 e. The molecule has 1 N–H and O–H groups in total. The Bertz CT molecular complexity index is 814. The lowest BCUT2D eigenvalue weighted by atomic mass is 10.2. The minimum absolute atomic E-state index is 0.104. The molecule has 138 valence electrons. The highest BCUT2D eigenvalue weighted by molar-refractivity contribution is 6.32. The van der Waals surface area contributed by atoms with Gasteiger partial charge in [0, 0.05) is 36.1 Å². The summed E-state index contributed by atoms with van der Waals surface area (Å²) in [5, 5.41) is 14.3. The monoisotopic (exact) mass is 375 g/mol. The van der Waals surface area contributed by atoms with Crippen LogP contribution in [0.1, 0.15) is 38.8 Å². The van der Waals surface area contributed by atoms with Crippen molar-refractivity contribution in [2.24, 2.45) is 0 Å². The predicted octanol–water partition coefficient (Wildman–Crippen LogP) is 4.72. The fourth-order valence-corrected chi connectivity index (χ4v) is 3.39. The standard InChI is InChI=1S/C18H22ClN5O2/c1-3-5-13-11-17(23-9-4-6-12(23)2)22-18(20-13)21-14-7-8-15(19)16(10-14)24(25)26/h7-8,10-12H,3-6,9H2,1-2H3,(H,20,21,22)/t12-/m1/s1. The summed E-state index contributed by atoms with van der Waals surface area (Å²) in [5.74, 6) is 1.35. The minimum atomic E-state index is -0.501. The molecule has 0 spiro atoms. The molecule has 2 aromatic rings. The molecule has 0 unspecified atom stereocenters. The highest BCUT2D eigenvalue weighted by Crippen LogP contribution is 2.30. The van der Waals surface area contributed by atoms with Crippen LogP contribution in [-0.4, -0.2) is 27.5 Å². The van der Waals surface area contributed by atoms with Gasteiger partial charge in [0.15, 0.2) is 0 Å². The van der Waals surface area contributed by atoms with Crippen LogP contribution in [0, 0.1) is 10.1 Å². The van der Waals surface area contributed by atoms with E-state index in [1.54, 1.807) is 6.07 Å². The summed E-state index contributed by atoms with van der Waals surface area (Å²) < 4.78 is 0. The number of aryl methyl sites for hydroxylation is 1. The van der Waals surface area contributed by atoms with Gasteiger partial charge in [0.1, 0.15) is 10.8 Å². The third-order valence-corrected chi connectivity index (χ3v) is 4.84. The lowest BCUT2D eigenvalue weighted by molar-refractivity contribution is -0.384. The van der Waals surface area contributed by atoms with Crippen LogP contribution in [0.5, 0.6) is 0 Å². The first kappa shape index (κ1) is 18.4. The first-order valence-electron chi connectivity index (χ1n) is 8.83. The number of hydrogen-bond donors (Lipinski definition) is 1. The molecule has 1 aliphatic heterocycles. The van der Waals surface area contributed by atoms with Crippen molar-refractivity contribution >= 4 is 34.7 Å². The topological polar surface area (TPSA) is 84.2 Å². The van der Waals surface area contributed by atoms with Gasteiger partial charge < -0.3 is 10.2 Å². The third kappa shape index (κ3) is 4.04. The zero-order valence-corrected chi connectivity index (χ0v) is 15.7. The number of nitro groups is 1. The van der Waals surface area contributed by atoms with E-state index in [1.165, 1.54) is 12.1 Å². The van der Waals surface area contributed by atoms with Gasteiger partial charge in [-0.25, -0.2) is 4.98 Å². The molecule has 1 saturated heterocycles. The van der Waals surface area contributed by atoms with Crippen molar-refractivity contribution in [3.8, 4) is 0 Å². The van der Waals surface area contributed by atoms with Crippen LogP contribution in [0.2, 0.25) is 5.02 Å². The first-order valence-corrected chi connectivity index (χ1v) is 9.21. The van der Waals surface area contributed by atoms with Crippen molar-refractivity contribution in [3.63, 3.8) is 0 Å². The van der Waals surface area contributed by atoms with Crippen LogP contribution >= 0.6 is 11.6 Å². The minimum Gasteiger partial charge on any atom is -0.354 e. The Labute approximate surface area is 157 Å². The summed E-state index contributed by atoms with van der Waals surface area (Å²) in [6.07, 6.45) is 4.14. The Balaban J connectivity index is 1.92. The molecule has 0 aliphatic carbocycles. The predicted molar refractivity (Wildman–Crippen MR) is 103 cm³/mol. The van der Waals surface area contributed by atoms with Crippen molar-refractivity contribution in [1.29, 1.82) is 0 Å². The van der Waals surface area contributed by atoms with E-state index in [4.69, 9.17) is 11.6 Å². The molecule has 1 atom stereocenters. The van der Waals surface area contributed by atoms with Gasteiger partial charge in [0.05, 0.1) is 4.92 Å². The fraction of sp³-hybridized carbons (Fsp3) is 0.444. The van der Waals surface area contributed by atoms with E-state index in [2.05, 4.69) is 34.0 Å². The van der Waals surface area contributed by atoms with Crippen LogP contribution < -0.4 is 10.2 Å². The Morgan fingerprint density at radius 2 is 2.19 bits per heavy atom. The molecule has 0 saturated carbocycles. The van der Waals surface area contributed by atoms with E-state index in [1.807, 2.05) is 6.07 Å². The lowest BCUT2D eigenvalue weighted by Gasteiger charge is -2.23. The van der Waals surface area contributed by atoms with Crippen molar-refractivity contribution in [2.75, 3.05) is 16.8 Å². The number of nitro benzene ring substituents is 1. The third-order valence-electron chi connectivity index (χ3n) is 4.52. The molecule has 3 rings (SSSR count). The molecule has 26 heavy (non-hydrogen) atoms. The van der Waals surface area contributed by atoms with E-state index in [-0.39, 0.29) is 10.7 Å². The van der Waals surface area contributed by atoms with Crippen LogP contribution in [0.15, 0.2) is 24.3 Å². The summed E-state index contributed by atoms with van der Waals surface area (Å²) in [6.45, 7) is 5.29. The van der Waals surface area contributed by atoms with Gasteiger partial charge >= 0.3 is 0 Å². The maximum atomic E-state index is 11.1. The Morgan fingerprint density at radius 1 is 1.38 bits per heavy atom. The maximum absolute atomic E-state index is 11.1. The van der Waals surface area contributed by atoms with E-state index in [0.717, 1.165) is 43.7 Å². The van der Waals surface area contributed by atoms with Gasteiger partial charge in [0.25, 0.3) is 5.69 Å². The van der Waals surface area contributed by atoms with Gasteiger partial charge in [-0.3, -0.25) is 10.1 Å². The summed E-state index contributed by atoms with van der Waals surface area (Å²) in [5.41, 5.74) is 1.35. The van der Waals surface area contributed by atoms with Crippen LogP contribution in [-0.2, 0) is 6.42 Å². The van der Waals surface area contributed by atoms with Crippen LogP contribution in [0.4, 0.5) is 23.1 Å². The van der Waals surface area contributed by atoms with Gasteiger partial charge in [-0.2, -0.15) is 4.98 Å². The number of benzene rings is 1. The first-order chi connectivity index (χ1) is 12.5. The zero-order chi connectivity index (χ0) is 18.7. The molecule has 1 fully saturated rings. The van der Waals surface area contributed by atoms with Gasteiger partial charge in [-0.05, 0) is 38.3 Å². The van der Waals surface area contributed by atoms with Crippen molar-refractivity contribution in [3.05, 3.63) is 45.1 Å². The average molecular weight is 376 g/mol. The average Bonchev–Trinajstić information content (AvgIpc) is 3.02. The van der Waals surface area contributed by atoms with Gasteiger partial charge in [-0.15, -0.1) is 0 Å². The molecule has 7 nitrogen and oxygen atoms in total. The highest BCUT2D eigenvalue weighted by atomic mass is 35.5. The molecule has 8 heteroatoms. The molecule has 0 amide bonds. The number of aromatic nitrogens is 2. The molecular weight excluding hydrogens is 354 g/mol. The second-order valence-corrected chi connectivity index (χ2v) is 6.93. The Kier molecular flexibility index (Phi) is 5.56. The number of anilines is 3. The number of halogens is 1.